The molecule has 1 aliphatic rings. The minimum Gasteiger partial charge on any atom is -0.309 e. The predicted molar refractivity (Wildman–Crippen MR) is 134 cm³/mol. The zero-order chi connectivity index (χ0) is 22.7. The molecule has 3 rings (SSSR count). The van der Waals surface area contributed by atoms with Crippen LogP contribution in [0.25, 0.3) is 6.08 Å². The summed E-state index contributed by atoms with van der Waals surface area (Å²) in [6.07, 6.45) is 2.61. The number of carbonyl (C=O) groups excluding carboxylic acids is 2. The van der Waals surface area contributed by atoms with Crippen molar-refractivity contribution in [3.63, 3.8) is 0 Å². The predicted octanol–water partition coefficient (Wildman–Crippen LogP) is 4.60. The average Bonchev–Trinajstić information content (AvgIpc) is 3.24. The van der Waals surface area contributed by atoms with Gasteiger partial charge in [-0.3, -0.25) is 19.4 Å². The molecule has 0 atom stereocenters. The lowest BCUT2D eigenvalue weighted by molar-refractivity contribution is -0.122. The van der Waals surface area contributed by atoms with Crippen LogP contribution in [-0.2, 0) is 9.59 Å². The van der Waals surface area contributed by atoms with Gasteiger partial charge in [-0.25, -0.2) is 4.98 Å². The third-order valence-corrected chi connectivity index (χ3v) is 7.13. The first kappa shape index (κ1) is 23.6. The summed E-state index contributed by atoms with van der Waals surface area (Å²) in [7, 11) is 4.01. The number of rotatable bonds is 7. The van der Waals surface area contributed by atoms with Gasteiger partial charge in [0, 0.05) is 18.8 Å². The minimum absolute atomic E-state index is 0.0825. The van der Waals surface area contributed by atoms with Gasteiger partial charge in [-0.1, -0.05) is 30.0 Å². The first-order chi connectivity index (χ1) is 14.7. The SMILES string of the molecule is CC(=O)N(c1ccc(C)c(C)c1)c1nc(C=C2SC(=S)N(CCCN(C)C)C2=O)cs1. The summed E-state index contributed by atoms with van der Waals surface area (Å²) < 4.78 is 0.575. The van der Waals surface area contributed by atoms with Gasteiger partial charge in [-0.15, -0.1) is 11.3 Å². The highest BCUT2D eigenvalue weighted by Crippen LogP contribution is 2.35. The smallest absolute Gasteiger partial charge is 0.266 e. The molecule has 0 N–H and O–H groups in total. The second-order valence-electron chi connectivity index (χ2n) is 7.67. The number of thiazole rings is 1. The number of benzene rings is 1. The summed E-state index contributed by atoms with van der Waals surface area (Å²) in [5.41, 5.74) is 3.70. The van der Waals surface area contributed by atoms with E-state index >= 15 is 0 Å². The van der Waals surface area contributed by atoms with Crippen molar-refractivity contribution < 1.29 is 9.59 Å². The van der Waals surface area contributed by atoms with Crippen LogP contribution in [0, 0.1) is 13.8 Å². The van der Waals surface area contributed by atoms with E-state index in [4.69, 9.17) is 12.2 Å². The van der Waals surface area contributed by atoms with Gasteiger partial charge in [-0.2, -0.15) is 0 Å². The van der Waals surface area contributed by atoms with E-state index in [0.29, 0.717) is 26.6 Å². The van der Waals surface area contributed by atoms with Gasteiger partial charge in [0.25, 0.3) is 5.91 Å². The van der Waals surface area contributed by atoms with Crippen molar-refractivity contribution in [1.29, 1.82) is 0 Å². The van der Waals surface area contributed by atoms with E-state index in [2.05, 4.69) is 9.88 Å². The standard InChI is InChI=1S/C22H26N4O2S3/c1-14-7-8-18(11-15(14)2)26(16(3)27)21-23-17(13-30-21)12-19-20(28)25(22(29)31-19)10-6-9-24(4)5/h7-8,11-13H,6,9-10H2,1-5H3. The van der Waals surface area contributed by atoms with Gasteiger partial charge in [0.2, 0.25) is 5.91 Å². The highest BCUT2D eigenvalue weighted by Gasteiger charge is 2.31. The van der Waals surface area contributed by atoms with Crippen molar-refractivity contribution in [1.82, 2.24) is 14.8 Å². The molecule has 1 aromatic carbocycles. The molecule has 0 radical (unpaired) electrons. The molecule has 2 aromatic rings. The molecule has 0 spiro atoms. The van der Waals surface area contributed by atoms with E-state index in [-0.39, 0.29) is 11.8 Å². The van der Waals surface area contributed by atoms with Crippen molar-refractivity contribution in [3.8, 4) is 0 Å². The Kier molecular flexibility index (Phi) is 7.64. The van der Waals surface area contributed by atoms with Crippen LogP contribution in [0.2, 0.25) is 0 Å². The molecule has 1 saturated heterocycles. The second kappa shape index (κ2) is 10.0. The van der Waals surface area contributed by atoms with Crippen molar-refractivity contribution >= 4 is 68.3 Å². The number of aromatic nitrogens is 1. The zero-order valence-corrected chi connectivity index (χ0v) is 20.8. The Morgan fingerprint density at radius 1 is 1.26 bits per heavy atom. The molecule has 0 aliphatic carbocycles. The Morgan fingerprint density at radius 2 is 2.00 bits per heavy atom. The Bertz CT molecular complexity index is 1050. The van der Waals surface area contributed by atoms with Crippen molar-refractivity contribution in [3.05, 3.63) is 45.3 Å². The largest absolute Gasteiger partial charge is 0.309 e. The molecule has 1 fully saturated rings. The van der Waals surface area contributed by atoms with Crippen LogP contribution in [0.1, 0.15) is 30.2 Å². The number of amides is 2. The number of thioether (sulfide) groups is 1. The number of hydrogen-bond acceptors (Lipinski definition) is 7. The summed E-state index contributed by atoms with van der Waals surface area (Å²) >= 11 is 8.07. The van der Waals surface area contributed by atoms with Gasteiger partial charge in [0.05, 0.1) is 16.3 Å². The quantitative estimate of drug-likeness (QED) is 0.432. The monoisotopic (exact) mass is 474 g/mol. The number of hydrogen-bond donors (Lipinski definition) is 0. The maximum absolute atomic E-state index is 12.8. The molecular formula is C22H26N4O2S3. The lowest BCUT2D eigenvalue weighted by Crippen LogP contribution is -2.30. The molecule has 2 heterocycles. The number of carbonyl (C=O) groups is 2. The average molecular weight is 475 g/mol. The van der Waals surface area contributed by atoms with Gasteiger partial charge >= 0.3 is 0 Å². The van der Waals surface area contributed by atoms with E-state index < -0.39 is 0 Å². The molecule has 1 aromatic heterocycles. The molecule has 2 amide bonds. The van der Waals surface area contributed by atoms with Crippen molar-refractivity contribution in [2.75, 3.05) is 32.1 Å². The normalized spacial score (nSPS) is 15.4. The van der Waals surface area contributed by atoms with E-state index in [1.165, 1.54) is 35.6 Å². The van der Waals surface area contributed by atoms with Crippen LogP contribution in [-0.4, -0.2) is 58.1 Å². The summed E-state index contributed by atoms with van der Waals surface area (Å²) in [6.45, 7) is 7.08. The lowest BCUT2D eigenvalue weighted by atomic mass is 10.1. The zero-order valence-electron chi connectivity index (χ0n) is 18.3. The van der Waals surface area contributed by atoms with Crippen LogP contribution in [0.4, 0.5) is 10.8 Å². The highest BCUT2D eigenvalue weighted by molar-refractivity contribution is 8.26. The molecule has 6 nitrogen and oxygen atoms in total. The van der Waals surface area contributed by atoms with E-state index in [0.717, 1.165) is 24.2 Å². The summed E-state index contributed by atoms with van der Waals surface area (Å²) in [6, 6.07) is 5.90. The van der Waals surface area contributed by atoms with Gasteiger partial charge < -0.3 is 4.90 Å². The number of anilines is 2. The first-order valence-corrected chi connectivity index (χ1v) is 12.0. The number of aryl methyl sites for hydroxylation is 2. The lowest BCUT2D eigenvalue weighted by Gasteiger charge is -2.19. The Morgan fingerprint density at radius 3 is 2.65 bits per heavy atom. The fourth-order valence-corrected chi connectivity index (χ4v) is 5.25. The highest BCUT2D eigenvalue weighted by atomic mass is 32.2. The van der Waals surface area contributed by atoms with Crippen LogP contribution < -0.4 is 4.90 Å². The van der Waals surface area contributed by atoms with Crippen molar-refractivity contribution in [2.45, 2.75) is 27.2 Å². The molecule has 9 heteroatoms. The summed E-state index contributed by atoms with van der Waals surface area (Å²) in [5, 5.41) is 2.42. The maximum atomic E-state index is 12.8. The Labute approximate surface area is 196 Å². The van der Waals surface area contributed by atoms with Gasteiger partial charge in [0.1, 0.15) is 4.32 Å². The van der Waals surface area contributed by atoms with E-state index in [9.17, 15) is 9.59 Å². The summed E-state index contributed by atoms with van der Waals surface area (Å²) in [5.74, 6) is -0.197. The summed E-state index contributed by atoms with van der Waals surface area (Å²) in [4.78, 5) is 35.7. The first-order valence-electron chi connectivity index (χ1n) is 9.91. The molecule has 0 unspecified atom stereocenters. The minimum atomic E-state index is -0.114. The third kappa shape index (κ3) is 5.60. The van der Waals surface area contributed by atoms with Crippen LogP contribution in [0.5, 0.6) is 0 Å². The Hall–Kier alpha value is -2.07. The van der Waals surface area contributed by atoms with Gasteiger partial charge in [-0.05, 0) is 70.2 Å². The van der Waals surface area contributed by atoms with E-state index in [1.807, 2.05) is 51.5 Å². The molecular weight excluding hydrogens is 448 g/mol. The van der Waals surface area contributed by atoms with Crippen LogP contribution in [0.3, 0.4) is 0 Å². The number of nitrogens with zero attached hydrogens (tertiary/aromatic N) is 4. The maximum Gasteiger partial charge on any atom is 0.266 e. The second-order valence-corrected chi connectivity index (χ2v) is 10.2. The molecule has 1 aliphatic heterocycles. The fourth-order valence-electron chi connectivity index (χ4n) is 3.11. The van der Waals surface area contributed by atoms with Crippen LogP contribution in [0.15, 0.2) is 28.5 Å². The molecule has 31 heavy (non-hydrogen) atoms. The molecule has 164 valence electrons. The molecule has 0 saturated carbocycles. The van der Waals surface area contributed by atoms with Crippen molar-refractivity contribution in [2.24, 2.45) is 0 Å². The van der Waals surface area contributed by atoms with Gasteiger partial charge in [0.15, 0.2) is 5.13 Å². The van der Waals surface area contributed by atoms with Crippen LogP contribution >= 0.6 is 35.3 Å². The topological polar surface area (TPSA) is 56.8 Å². The molecule has 0 bridgehead atoms. The fraction of sp³-hybridized carbons (Fsp3) is 0.364. The number of thiocarbonyl (C=S) groups is 1. The third-order valence-electron chi connectivity index (χ3n) is 4.90. The van der Waals surface area contributed by atoms with E-state index in [1.54, 1.807) is 15.9 Å². The Balaban J connectivity index is 1.80.